The minimum Gasteiger partial charge on any atom is -0.324 e. The molecule has 1 aliphatic heterocycles. The lowest BCUT2D eigenvalue weighted by Gasteiger charge is -2.28. The van der Waals surface area contributed by atoms with Gasteiger partial charge in [0.15, 0.2) is 0 Å². The molecule has 136 valence electrons. The maximum Gasteiger partial charge on any atom is 0.274 e. The summed E-state index contributed by atoms with van der Waals surface area (Å²) in [5.41, 5.74) is 7.26. The van der Waals surface area contributed by atoms with Crippen LogP contribution in [0.4, 0.5) is 5.69 Å². The minimum absolute atomic E-state index is 0.0258. The van der Waals surface area contributed by atoms with E-state index in [-0.39, 0.29) is 5.91 Å². The van der Waals surface area contributed by atoms with Crippen molar-refractivity contribution in [1.82, 2.24) is 10.4 Å². The molecule has 0 saturated heterocycles. The zero-order valence-electron chi connectivity index (χ0n) is 15.0. The highest BCUT2D eigenvalue weighted by atomic mass is 16.5. The van der Waals surface area contributed by atoms with Gasteiger partial charge in [-0.25, -0.2) is 5.48 Å². The maximum atomic E-state index is 12.4. The fourth-order valence-corrected chi connectivity index (χ4v) is 3.35. The van der Waals surface area contributed by atoms with Crippen molar-refractivity contribution in [3.05, 3.63) is 64.2 Å². The van der Waals surface area contributed by atoms with Crippen LogP contribution in [-0.4, -0.2) is 35.0 Å². The minimum atomic E-state index is -0.511. The van der Waals surface area contributed by atoms with Crippen molar-refractivity contribution in [2.24, 2.45) is 0 Å². The average Bonchev–Trinajstić information content (AvgIpc) is 2.63. The highest BCUT2D eigenvalue weighted by molar-refractivity contribution is 5.94. The topological polar surface area (TPSA) is 81.7 Å². The molecule has 0 spiro atoms. The van der Waals surface area contributed by atoms with Gasteiger partial charge < -0.3 is 5.32 Å². The number of benzene rings is 2. The van der Waals surface area contributed by atoms with Crippen molar-refractivity contribution in [2.75, 3.05) is 18.4 Å². The lowest BCUT2D eigenvalue weighted by Crippen LogP contribution is -2.37. The Hall–Kier alpha value is -2.70. The van der Waals surface area contributed by atoms with Crippen LogP contribution < -0.4 is 10.8 Å². The third-order valence-electron chi connectivity index (χ3n) is 4.77. The molecule has 2 aromatic rings. The Morgan fingerprint density at radius 1 is 1.12 bits per heavy atom. The number of carbonyl (C=O) groups is 2. The first kappa shape index (κ1) is 18.1. The van der Waals surface area contributed by atoms with Gasteiger partial charge >= 0.3 is 0 Å². The summed E-state index contributed by atoms with van der Waals surface area (Å²) in [6, 6.07) is 11.3. The standard InChI is InChI=1S/C20H23N3O3/c1-13-4-3-5-14(2)19(13)21-18(24)12-23-9-8-15-10-16(20(25)22-26)6-7-17(15)11-23/h3-7,10,26H,8-9,11-12H2,1-2H3,(H,21,24)(H,22,25). The number of hydroxylamine groups is 1. The molecule has 6 heteroatoms. The van der Waals surface area contributed by atoms with Crippen LogP contribution in [0.25, 0.3) is 0 Å². The molecule has 2 aromatic carbocycles. The number of hydrogen-bond donors (Lipinski definition) is 3. The monoisotopic (exact) mass is 353 g/mol. The summed E-state index contributed by atoms with van der Waals surface area (Å²) in [7, 11) is 0. The number of fused-ring (bicyclic) bond motifs is 1. The van der Waals surface area contributed by atoms with Crippen molar-refractivity contribution < 1.29 is 14.8 Å². The molecular weight excluding hydrogens is 330 g/mol. The fraction of sp³-hybridized carbons (Fsp3) is 0.300. The molecule has 6 nitrogen and oxygen atoms in total. The smallest absolute Gasteiger partial charge is 0.274 e. The maximum absolute atomic E-state index is 12.4. The highest BCUT2D eigenvalue weighted by Gasteiger charge is 2.20. The zero-order valence-corrected chi connectivity index (χ0v) is 15.0. The molecule has 3 N–H and O–H groups in total. The molecule has 0 atom stereocenters. The van der Waals surface area contributed by atoms with Crippen molar-refractivity contribution in [3.8, 4) is 0 Å². The van der Waals surface area contributed by atoms with Crippen LogP contribution in [-0.2, 0) is 17.8 Å². The first-order valence-corrected chi connectivity index (χ1v) is 8.62. The van der Waals surface area contributed by atoms with Gasteiger partial charge in [0, 0.05) is 24.3 Å². The van der Waals surface area contributed by atoms with Crippen molar-refractivity contribution >= 4 is 17.5 Å². The van der Waals surface area contributed by atoms with Crippen LogP contribution in [0.1, 0.15) is 32.6 Å². The SMILES string of the molecule is Cc1cccc(C)c1NC(=O)CN1CCc2cc(C(=O)NO)ccc2C1. The first-order chi connectivity index (χ1) is 12.5. The van der Waals surface area contributed by atoms with Crippen LogP contribution in [0.2, 0.25) is 0 Å². The summed E-state index contributed by atoms with van der Waals surface area (Å²) in [5, 5.41) is 11.8. The van der Waals surface area contributed by atoms with E-state index in [1.54, 1.807) is 17.6 Å². The normalized spacial score (nSPS) is 13.8. The van der Waals surface area contributed by atoms with Gasteiger partial charge in [-0.3, -0.25) is 19.7 Å². The summed E-state index contributed by atoms with van der Waals surface area (Å²) in [5.74, 6) is -0.537. The second-order valence-corrected chi connectivity index (χ2v) is 6.70. The number of para-hydroxylation sites is 1. The number of hydrogen-bond acceptors (Lipinski definition) is 4. The van der Waals surface area contributed by atoms with Gasteiger partial charge in [-0.05, 0) is 54.7 Å². The first-order valence-electron chi connectivity index (χ1n) is 8.62. The third-order valence-corrected chi connectivity index (χ3v) is 4.77. The Morgan fingerprint density at radius 3 is 2.54 bits per heavy atom. The van der Waals surface area contributed by atoms with E-state index in [2.05, 4.69) is 10.2 Å². The van der Waals surface area contributed by atoms with Gasteiger partial charge in [-0.1, -0.05) is 24.3 Å². The molecule has 1 heterocycles. The quantitative estimate of drug-likeness (QED) is 0.582. The van der Waals surface area contributed by atoms with Crippen molar-refractivity contribution in [1.29, 1.82) is 0 Å². The van der Waals surface area contributed by atoms with Gasteiger partial charge in [0.2, 0.25) is 5.91 Å². The number of anilines is 1. The van der Waals surface area contributed by atoms with E-state index in [4.69, 9.17) is 5.21 Å². The van der Waals surface area contributed by atoms with E-state index >= 15 is 0 Å². The number of amides is 2. The van der Waals surface area contributed by atoms with Crippen LogP contribution in [0, 0.1) is 13.8 Å². The van der Waals surface area contributed by atoms with Gasteiger partial charge in [0.1, 0.15) is 0 Å². The summed E-state index contributed by atoms with van der Waals surface area (Å²) in [4.78, 5) is 26.1. The van der Waals surface area contributed by atoms with Crippen molar-refractivity contribution in [3.63, 3.8) is 0 Å². The highest BCUT2D eigenvalue weighted by Crippen LogP contribution is 2.22. The van der Waals surface area contributed by atoms with Crippen LogP contribution >= 0.6 is 0 Å². The van der Waals surface area contributed by atoms with Crippen LogP contribution in [0.15, 0.2) is 36.4 Å². The number of nitrogens with one attached hydrogen (secondary N) is 2. The second-order valence-electron chi connectivity index (χ2n) is 6.70. The Kier molecular flexibility index (Phi) is 5.35. The van der Waals surface area contributed by atoms with E-state index < -0.39 is 5.91 Å². The predicted octanol–water partition coefficient (Wildman–Crippen LogP) is 2.42. The Labute approximate surface area is 152 Å². The van der Waals surface area contributed by atoms with Gasteiger partial charge in [0.25, 0.3) is 5.91 Å². The number of aryl methyl sites for hydroxylation is 2. The fourth-order valence-electron chi connectivity index (χ4n) is 3.35. The molecule has 26 heavy (non-hydrogen) atoms. The lowest BCUT2D eigenvalue weighted by atomic mass is 9.97. The van der Waals surface area contributed by atoms with E-state index in [9.17, 15) is 9.59 Å². The average molecular weight is 353 g/mol. The molecule has 0 unspecified atom stereocenters. The summed E-state index contributed by atoms with van der Waals surface area (Å²) < 4.78 is 0. The van der Waals surface area contributed by atoms with E-state index in [1.807, 2.05) is 38.1 Å². The van der Waals surface area contributed by atoms with E-state index in [0.717, 1.165) is 40.9 Å². The predicted molar refractivity (Wildman–Crippen MR) is 99.2 cm³/mol. The summed E-state index contributed by atoms with van der Waals surface area (Å²) in [6.45, 7) is 5.71. The van der Waals surface area contributed by atoms with E-state index in [0.29, 0.717) is 18.7 Å². The van der Waals surface area contributed by atoms with E-state index in [1.165, 1.54) is 0 Å². The second kappa shape index (κ2) is 7.68. The Balaban J connectivity index is 1.64. The molecule has 0 saturated carbocycles. The lowest BCUT2D eigenvalue weighted by molar-refractivity contribution is -0.117. The summed E-state index contributed by atoms with van der Waals surface area (Å²) in [6.07, 6.45) is 0.762. The molecule has 0 aromatic heterocycles. The van der Waals surface area contributed by atoms with Crippen LogP contribution in [0.3, 0.4) is 0 Å². The van der Waals surface area contributed by atoms with Gasteiger partial charge in [0.05, 0.1) is 6.54 Å². The number of nitrogens with zero attached hydrogens (tertiary/aromatic N) is 1. The third kappa shape index (κ3) is 3.92. The van der Waals surface area contributed by atoms with Gasteiger partial charge in [-0.15, -0.1) is 0 Å². The molecule has 0 fully saturated rings. The Bertz CT molecular complexity index is 828. The number of carbonyl (C=O) groups excluding carboxylic acids is 2. The molecule has 0 radical (unpaired) electrons. The summed E-state index contributed by atoms with van der Waals surface area (Å²) >= 11 is 0. The number of rotatable bonds is 4. The Morgan fingerprint density at radius 2 is 1.85 bits per heavy atom. The molecule has 0 aliphatic carbocycles. The molecule has 2 amide bonds. The van der Waals surface area contributed by atoms with Gasteiger partial charge in [-0.2, -0.15) is 0 Å². The largest absolute Gasteiger partial charge is 0.324 e. The zero-order chi connectivity index (χ0) is 18.7. The molecule has 0 bridgehead atoms. The molecule has 3 rings (SSSR count). The van der Waals surface area contributed by atoms with Crippen molar-refractivity contribution in [2.45, 2.75) is 26.8 Å². The molecular formula is C20H23N3O3. The van der Waals surface area contributed by atoms with Crippen LogP contribution in [0.5, 0.6) is 0 Å². The molecule has 1 aliphatic rings.